The Balaban J connectivity index is 1.50. The van der Waals surface area contributed by atoms with E-state index in [9.17, 15) is 0 Å². The fraction of sp³-hybridized carbons (Fsp3) is 0.250. The molecule has 0 fully saturated rings. The van der Waals surface area contributed by atoms with Gasteiger partial charge in [0.1, 0.15) is 27.9 Å². The van der Waals surface area contributed by atoms with Crippen LogP contribution in [-0.4, -0.2) is 53.7 Å². The van der Waals surface area contributed by atoms with Crippen molar-refractivity contribution >= 4 is 51.8 Å². The Morgan fingerprint density at radius 2 is 1.35 bits per heavy atom. The molecule has 2 aliphatic rings. The third-order valence-electron chi connectivity index (χ3n) is 10.7. The number of methoxy groups -OCH3 is 1. The average molecular weight is 648 g/mol. The number of allylic oxidation sites excluding steroid dienone is 5. The van der Waals surface area contributed by atoms with Gasteiger partial charge in [-0.1, -0.05) is 75.5 Å². The largest absolute Gasteiger partial charge is 0.496 e. The standard InChI is InChI=1S/C44H47N2OSi/c1-10-32-34-14-12-13-15-35(34)33(11-2)39-24-28(16-20-36(32)39)29-17-23-41(47-7)40(25-29)44-37-21-18-30(45(3)4)26-42(37)48(8,9)43-27-31(46(5)6)19-22-38(43)44/h12-27H,10-11H2,1-9H3/q+1. The first-order chi connectivity index (χ1) is 23.1. The molecule has 0 atom stereocenters. The zero-order chi connectivity index (χ0) is 33.9. The third kappa shape index (κ3) is 4.97. The van der Waals surface area contributed by atoms with Crippen LogP contribution in [0.3, 0.4) is 0 Å². The summed E-state index contributed by atoms with van der Waals surface area (Å²) in [6, 6.07) is 29.9. The van der Waals surface area contributed by atoms with E-state index in [1.807, 2.05) is 0 Å². The number of benzene rings is 5. The fourth-order valence-corrected chi connectivity index (χ4v) is 11.1. The number of ether oxygens (including phenoxy) is 1. The van der Waals surface area contributed by atoms with Crippen molar-refractivity contribution in [3.63, 3.8) is 0 Å². The summed E-state index contributed by atoms with van der Waals surface area (Å²) in [5.41, 5.74) is 12.8. The number of nitrogens with zero attached hydrogens (tertiary/aromatic N) is 2. The highest BCUT2D eigenvalue weighted by Crippen LogP contribution is 2.45. The topological polar surface area (TPSA) is 15.5 Å². The van der Waals surface area contributed by atoms with Crippen LogP contribution in [0.5, 0.6) is 5.75 Å². The first kappa shape index (κ1) is 31.9. The minimum atomic E-state index is -2.05. The lowest BCUT2D eigenvalue weighted by Crippen LogP contribution is -2.49. The predicted octanol–water partition coefficient (Wildman–Crippen LogP) is 9.34. The van der Waals surface area contributed by atoms with Gasteiger partial charge < -0.3 is 9.64 Å². The summed E-state index contributed by atoms with van der Waals surface area (Å²) in [6.45, 7) is 9.57. The number of anilines is 1. The lowest BCUT2D eigenvalue weighted by atomic mass is 9.86. The number of hydrogen-bond donors (Lipinski definition) is 0. The van der Waals surface area contributed by atoms with Crippen molar-refractivity contribution in [2.24, 2.45) is 0 Å². The first-order valence-corrected chi connectivity index (χ1v) is 20.2. The van der Waals surface area contributed by atoms with Crippen LogP contribution in [0.25, 0.3) is 38.2 Å². The molecule has 5 aromatic carbocycles. The van der Waals surface area contributed by atoms with Crippen LogP contribution in [0.4, 0.5) is 5.69 Å². The molecule has 0 bridgehead atoms. The van der Waals surface area contributed by atoms with E-state index in [1.54, 1.807) is 7.11 Å². The summed E-state index contributed by atoms with van der Waals surface area (Å²) in [6.07, 6.45) is 9.06. The first-order valence-electron chi connectivity index (χ1n) is 17.2. The number of fused-ring (bicyclic) bond motifs is 4. The van der Waals surface area contributed by atoms with E-state index in [-0.39, 0.29) is 0 Å². The molecule has 0 saturated carbocycles. The predicted molar refractivity (Wildman–Crippen MR) is 210 cm³/mol. The molecule has 7 rings (SSSR count). The van der Waals surface area contributed by atoms with E-state index in [2.05, 4.69) is 162 Å². The van der Waals surface area contributed by atoms with Gasteiger partial charge in [0.05, 0.1) is 7.11 Å². The van der Waals surface area contributed by atoms with Crippen LogP contribution < -0.4 is 14.8 Å². The molecule has 3 nitrogen and oxygen atoms in total. The van der Waals surface area contributed by atoms with Crippen LogP contribution in [0.1, 0.15) is 36.1 Å². The van der Waals surface area contributed by atoms with E-state index in [1.165, 1.54) is 82.3 Å². The number of hydrogen-bond acceptors (Lipinski definition) is 2. The molecule has 0 unspecified atom stereocenters. The molecule has 242 valence electrons. The van der Waals surface area contributed by atoms with Crippen LogP contribution in [-0.2, 0) is 12.8 Å². The highest BCUT2D eigenvalue weighted by Gasteiger charge is 2.41. The van der Waals surface area contributed by atoms with Crippen molar-refractivity contribution in [1.29, 1.82) is 0 Å². The summed E-state index contributed by atoms with van der Waals surface area (Å²) >= 11 is 0. The molecule has 1 aliphatic heterocycles. The molecule has 0 aromatic heterocycles. The average Bonchev–Trinajstić information content (AvgIpc) is 3.10. The maximum Gasteiger partial charge on any atom is 0.199 e. The summed E-state index contributed by atoms with van der Waals surface area (Å²) < 4.78 is 8.37. The van der Waals surface area contributed by atoms with Gasteiger partial charge in [0.15, 0.2) is 5.71 Å². The Morgan fingerprint density at radius 1 is 0.708 bits per heavy atom. The zero-order valence-corrected chi connectivity index (χ0v) is 31.0. The van der Waals surface area contributed by atoms with Crippen molar-refractivity contribution in [3.8, 4) is 16.9 Å². The Kier molecular flexibility index (Phi) is 8.04. The van der Waals surface area contributed by atoms with E-state index in [0.29, 0.717) is 0 Å². The molecule has 0 radical (unpaired) electrons. The Bertz CT molecular complexity index is 2260. The van der Waals surface area contributed by atoms with E-state index >= 15 is 0 Å². The Morgan fingerprint density at radius 3 is 2.00 bits per heavy atom. The second kappa shape index (κ2) is 12.1. The molecular weight excluding hydrogens is 601 g/mol. The maximum atomic E-state index is 6.15. The highest BCUT2D eigenvalue weighted by molar-refractivity contribution is 6.98. The van der Waals surface area contributed by atoms with Crippen LogP contribution in [0.2, 0.25) is 13.1 Å². The smallest absolute Gasteiger partial charge is 0.199 e. The summed E-state index contributed by atoms with van der Waals surface area (Å²) in [7, 11) is 8.28. The normalized spacial score (nSPS) is 15.0. The number of rotatable bonds is 6. The van der Waals surface area contributed by atoms with Gasteiger partial charge in [-0.3, -0.25) is 0 Å². The van der Waals surface area contributed by atoms with Crippen LogP contribution >= 0.6 is 0 Å². The lowest BCUT2D eigenvalue weighted by molar-refractivity contribution is -0.462. The molecule has 5 aromatic rings. The molecule has 0 N–H and O–H groups in total. The summed E-state index contributed by atoms with van der Waals surface area (Å²) in [5, 5.41) is 8.44. The molecular formula is C44H47N2OSi+. The van der Waals surface area contributed by atoms with Gasteiger partial charge in [-0.05, 0) is 120 Å². The SMILES string of the molecule is CCc1c2ccccc2c(CC)c2cc(-c3ccc(OC)c(C4=C5C=CC(=[N+](C)C)C=C5[Si](C)(C)c5cc(N(C)C)ccc54)c3)ccc12. The van der Waals surface area contributed by atoms with Gasteiger partial charge in [0.25, 0.3) is 0 Å². The van der Waals surface area contributed by atoms with Gasteiger partial charge in [-0.15, -0.1) is 0 Å². The van der Waals surface area contributed by atoms with Crippen LogP contribution in [0.15, 0.2) is 108 Å². The molecule has 4 heteroatoms. The van der Waals surface area contributed by atoms with Gasteiger partial charge in [-0.2, -0.15) is 0 Å². The molecule has 0 spiro atoms. The lowest BCUT2D eigenvalue weighted by Gasteiger charge is -2.38. The van der Waals surface area contributed by atoms with E-state index in [0.717, 1.165) is 24.2 Å². The monoisotopic (exact) mass is 647 g/mol. The second-order valence-electron chi connectivity index (χ2n) is 14.1. The third-order valence-corrected chi connectivity index (χ3v) is 14.2. The van der Waals surface area contributed by atoms with E-state index in [4.69, 9.17) is 4.74 Å². The Labute approximate surface area is 287 Å². The molecule has 0 amide bonds. The summed E-state index contributed by atoms with van der Waals surface area (Å²) in [5.74, 6) is 0.898. The highest BCUT2D eigenvalue weighted by atomic mass is 28.3. The van der Waals surface area contributed by atoms with Gasteiger partial charge in [0.2, 0.25) is 0 Å². The van der Waals surface area contributed by atoms with Gasteiger partial charge >= 0.3 is 0 Å². The quantitative estimate of drug-likeness (QED) is 0.104. The minimum absolute atomic E-state index is 0.898. The van der Waals surface area contributed by atoms with Crippen molar-refractivity contribution in [3.05, 3.63) is 130 Å². The van der Waals surface area contributed by atoms with Gasteiger partial charge in [0, 0.05) is 37.5 Å². The second-order valence-corrected chi connectivity index (χ2v) is 18.5. The van der Waals surface area contributed by atoms with Crippen molar-refractivity contribution in [2.45, 2.75) is 39.8 Å². The molecule has 1 heterocycles. The zero-order valence-electron chi connectivity index (χ0n) is 30.0. The maximum absolute atomic E-state index is 6.15. The Hall–Kier alpha value is -4.67. The van der Waals surface area contributed by atoms with Crippen molar-refractivity contribution < 1.29 is 9.31 Å². The fourth-order valence-electron chi connectivity index (χ4n) is 8.05. The molecule has 0 saturated heterocycles. The molecule has 48 heavy (non-hydrogen) atoms. The van der Waals surface area contributed by atoms with Gasteiger partial charge in [-0.25, -0.2) is 4.58 Å². The van der Waals surface area contributed by atoms with Crippen molar-refractivity contribution in [2.75, 3.05) is 40.2 Å². The molecule has 1 aliphatic carbocycles. The van der Waals surface area contributed by atoms with Crippen LogP contribution in [0, 0.1) is 0 Å². The minimum Gasteiger partial charge on any atom is -0.496 e. The number of aryl methyl sites for hydroxylation is 2. The summed E-state index contributed by atoms with van der Waals surface area (Å²) in [4.78, 5) is 2.22. The van der Waals surface area contributed by atoms with E-state index < -0.39 is 8.07 Å². The van der Waals surface area contributed by atoms with Crippen molar-refractivity contribution in [1.82, 2.24) is 0 Å².